The number of ether oxygens (including phenoxy) is 3. The van der Waals surface area contributed by atoms with Crippen LogP contribution >= 0.6 is 0 Å². The predicted octanol–water partition coefficient (Wildman–Crippen LogP) is 2.67. The molecule has 1 unspecified atom stereocenters. The minimum atomic E-state index is -2.20. The summed E-state index contributed by atoms with van der Waals surface area (Å²) in [6.07, 6.45) is 0.255. The largest absolute Gasteiger partial charge is 0.491 e. The van der Waals surface area contributed by atoms with Crippen LogP contribution in [-0.4, -0.2) is 32.1 Å². The molecular weight excluding hydrogens is 371 g/mol. The van der Waals surface area contributed by atoms with Crippen LogP contribution in [0.3, 0.4) is 0 Å². The molecular formula is C15H15F5O6. The summed E-state index contributed by atoms with van der Waals surface area (Å²) in [6.45, 7) is 3.47. The highest BCUT2D eigenvalue weighted by molar-refractivity contribution is 5.96. The van der Waals surface area contributed by atoms with Crippen LogP contribution in [0.1, 0.15) is 20.3 Å². The van der Waals surface area contributed by atoms with E-state index in [9.17, 15) is 36.3 Å². The monoisotopic (exact) mass is 386 g/mol. The van der Waals surface area contributed by atoms with Gasteiger partial charge in [-0.2, -0.15) is 8.78 Å². The molecule has 0 saturated heterocycles. The molecule has 1 atom stereocenters. The van der Waals surface area contributed by atoms with E-state index in [0.29, 0.717) is 0 Å². The summed E-state index contributed by atoms with van der Waals surface area (Å²) in [6, 6.07) is 0. The van der Waals surface area contributed by atoms with Crippen molar-refractivity contribution in [2.24, 2.45) is 5.92 Å². The molecule has 0 amide bonds. The van der Waals surface area contributed by atoms with E-state index < -0.39 is 52.7 Å². The van der Waals surface area contributed by atoms with Crippen LogP contribution in [0.4, 0.5) is 22.0 Å². The number of hydrogen-bond donors (Lipinski definition) is 0. The van der Waals surface area contributed by atoms with Crippen molar-refractivity contribution >= 4 is 18.4 Å². The number of carbonyl (C=O) groups is 3. The SMILES string of the molecule is CCOC(=O)C(CC)C(=O)OC=O.COc1c(F)c(F)c(F)c(F)c1F. The maximum atomic E-state index is 12.6. The van der Waals surface area contributed by atoms with Crippen LogP contribution in [0.2, 0.25) is 0 Å². The van der Waals surface area contributed by atoms with Crippen molar-refractivity contribution < 1.29 is 50.5 Å². The van der Waals surface area contributed by atoms with Crippen LogP contribution in [-0.2, 0) is 23.9 Å². The highest BCUT2D eigenvalue weighted by Gasteiger charge is 2.27. The minimum Gasteiger partial charge on any atom is -0.491 e. The molecule has 1 rings (SSSR count). The molecule has 0 heterocycles. The van der Waals surface area contributed by atoms with Gasteiger partial charge in [-0.25, -0.2) is 13.2 Å². The van der Waals surface area contributed by atoms with Crippen molar-refractivity contribution in [3.8, 4) is 5.75 Å². The average Bonchev–Trinajstić information content (AvgIpc) is 2.60. The summed E-state index contributed by atoms with van der Waals surface area (Å²) in [4.78, 5) is 31.8. The number of benzene rings is 1. The predicted molar refractivity (Wildman–Crippen MR) is 75.4 cm³/mol. The third kappa shape index (κ3) is 5.67. The number of rotatable bonds is 6. The third-order valence-electron chi connectivity index (χ3n) is 2.80. The van der Waals surface area contributed by atoms with Crippen LogP contribution in [0.5, 0.6) is 5.75 Å². The zero-order valence-corrected chi connectivity index (χ0v) is 13.9. The summed E-state index contributed by atoms with van der Waals surface area (Å²) >= 11 is 0. The maximum absolute atomic E-state index is 12.6. The molecule has 0 saturated carbocycles. The Morgan fingerprint density at radius 2 is 1.38 bits per heavy atom. The molecule has 1 aromatic carbocycles. The molecule has 0 aromatic heterocycles. The lowest BCUT2D eigenvalue weighted by atomic mass is 10.1. The number of methoxy groups -OCH3 is 1. The van der Waals surface area contributed by atoms with Crippen molar-refractivity contribution in [1.29, 1.82) is 0 Å². The van der Waals surface area contributed by atoms with E-state index in [4.69, 9.17) is 0 Å². The molecule has 0 aliphatic carbocycles. The summed E-state index contributed by atoms with van der Waals surface area (Å²) in [7, 11) is 0.804. The van der Waals surface area contributed by atoms with Crippen LogP contribution < -0.4 is 4.74 Å². The summed E-state index contributed by atoms with van der Waals surface area (Å²) in [5.74, 6) is -14.0. The molecule has 0 aliphatic rings. The van der Waals surface area contributed by atoms with Crippen molar-refractivity contribution in [2.75, 3.05) is 13.7 Å². The Morgan fingerprint density at radius 3 is 1.73 bits per heavy atom. The van der Waals surface area contributed by atoms with Gasteiger partial charge in [0.1, 0.15) is 0 Å². The van der Waals surface area contributed by atoms with Crippen molar-refractivity contribution in [1.82, 2.24) is 0 Å². The van der Waals surface area contributed by atoms with Crippen molar-refractivity contribution in [3.63, 3.8) is 0 Å². The minimum absolute atomic E-state index is 0.00419. The molecule has 0 bridgehead atoms. The second-order valence-corrected chi connectivity index (χ2v) is 4.35. The van der Waals surface area contributed by atoms with Gasteiger partial charge in [-0.05, 0) is 13.3 Å². The van der Waals surface area contributed by atoms with Gasteiger partial charge in [0.05, 0.1) is 13.7 Å². The van der Waals surface area contributed by atoms with Gasteiger partial charge in [-0.15, -0.1) is 0 Å². The quantitative estimate of drug-likeness (QED) is 0.187. The van der Waals surface area contributed by atoms with Crippen molar-refractivity contribution in [2.45, 2.75) is 20.3 Å². The highest BCUT2D eigenvalue weighted by atomic mass is 19.2. The van der Waals surface area contributed by atoms with Gasteiger partial charge in [0, 0.05) is 0 Å². The lowest BCUT2D eigenvalue weighted by molar-refractivity contribution is -0.163. The first kappa shape index (κ1) is 23.3. The molecule has 0 N–H and O–H groups in total. The van der Waals surface area contributed by atoms with Gasteiger partial charge < -0.3 is 14.2 Å². The fourth-order valence-corrected chi connectivity index (χ4v) is 1.57. The zero-order chi connectivity index (χ0) is 20.4. The number of halogens is 5. The Morgan fingerprint density at radius 1 is 0.923 bits per heavy atom. The topological polar surface area (TPSA) is 78.9 Å². The van der Waals surface area contributed by atoms with Crippen LogP contribution in [0, 0.1) is 35.0 Å². The van der Waals surface area contributed by atoms with E-state index in [2.05, 4.69) is 14.2 Å². The Labute approximate surface area is 144 Å². The smallest absolute Gasteiger partial charge is 0.327 e. The van der Waals surface area contributed by atoms with E-state index in [1.165, 1.54) is 0 Å². The first-order chi connectivity index (χ1) is 12.2. The molecule has 0 radical (unpaired) electrons. The average molecular weight is 386 g/mol. The normalized spacial score (nSPS) is 10.9. The zero-order valence-electron chi connectivity index (χ0n) is 13.9. The maximum Gasteiger partial charge on any atom is 0.327 e. The molecule has 26 heavy (non-hydrogen) atoms. The summed E-state index contributed by atoms with van der Waals surface area (Å²) in [5, 5.41) is 0. The second kappa shape index (κ2) is 11.0. The van der Waals surface area contributed by atoms with E-state index >= 15 is 0 Å². The summed E-state index contributed by atoms with van der Waals surface area (Å²) in [5.41, 5.74) is 0. The summed E-state index contributed by atoms with van der Waals surface area (Å²) < 4.78 is 74.8. The Hall–Kier alpha value is -2.72. The van der Waals surface area contributed by atoms with E-state index in [1.807, 2.05) is 0 Å². The van der Waals surface area contributed by atoms with Gasteiger partial charge in [-0.1, -0.05) is 6.92 Å². The number of carbonyl (C=O) groups excluding carboxylic acids is 3. The van der Waals surface area contributed by atoms with E-state index in [-0.39, 0.29) is 19.5 Å². The third-order valence-corrected chi connectivity index (χ3v) is 2.80. The van der Waals surface area contributed by atoms with Gasteiger partial charge in [0.2, 0.25) is 29.1 Å². The van der Waals surface area contributed by atoms with Gasteiger partial charge in [0.25, 0.3) is 0 Å². The lowest BCUT2D eigenvalue weighted by Crippen LogP contribution is -2.27. The fourth-order valence-electron chi connectivity index (χ4n) is 1.57. The molecule has 0 spiro atoms. The molecule has 0 aliphatic heterocycles. The lowest BCUT2D eigenvalue weighted by Gasteiger charge is -2.09. The van der Waals surface area contributed by atoms with E-state index in [1.54, 1.807) is 13.8 Å². The molecule has 146 valence electrons. The Balaban J connectivity index is 0.000000481. The van der Waals surface area contributed by atoms with Crippen LogP contribution in [0.25, 0.3) is 0 Å². The highest BCUT2D eigenvalue weighted by Crippen LogP contribution is 2.28. The van der Waals surface area contributed by atoms with E-state index in [0.717, 1.165) is 7.11 Å². The van der Waals surface area contributed by atoms with Crippen LogP contribution in [0.15, 0.2) is 0 Å². The number of hydrogen-bond acceptors (Lipinski definition) is 6. The van der Waals surface area contributed by atoms with Gasteiger partial charge in [0.15, 0.2) is 11.7 Å². The second-order valence-electron chi connectivity index (χ2n) is 4.35. The number of esters is 2. The fraction of sp³-hybridized carbons (Fsp3) is 0.400. The van der Waals surface area contributed by atoms with Gasteiger partial charge >= 0.3 is 18.4 Å². The Kier molecular flexibility index (Phi) is 9.85. The molecule has 11 heteroatoms. The molecule has 1 aromatic rings. The molecule has 6 nitrogen and oxygen atoms in total. The standard InChI is InChI=1S/C8H12O5.C7H3F5O/c1-3-6(7(10)12-4-2)8(11)13-5-9;1-13-7-5(11)3(9)2(8)4(10)6(7)12/h5-6H,3-4H2,1-2H3;1H3. The van der Waals surface area contributed by atoms with Gasteiger partial charge in [-0.3, -0.25) is 14.4 Å². The molecule has 0 fully saturated rings. The first-order valence-corrected chi connectivity index (χ1v) is 7.03. The van der Waals surface area contributed by atoms with Crippen molar-refractivity contribution in [3.05, 3.63) is 29.1 Å². The Bertz CT molecular complexity index is 635. The first-order valence-electron chi connectivity index (χ1n) is 7.03.